The van der Waals surface area contributed by atoms with Crippen molar-refractivity contribution in [2.45, 2.75) is 26.3 Å². The number of rotatable bonds is 7. The van der Waals surface area contributed by atoms with Gasteiger partial charge in [0.25, 0.3) is 0 Å². The Hall–Kier alpha value is -0.320. The molecule has 0 bridgehead atoms. The normalized spacial score (nSPS) is 12.3. The summed E-state index contributed by atoms with van der Waals surface area (Å²) in [5, 5.41) is 11.4. The molecule has 1 atom stereocenters. The van der Waals surface area contributed by atoms with Gasteiger partial charge in [0, 0.05) is 13.2 Å². The highest BCUT2D eigenvalue weighted by atomic mass is 35.5. The summed E-state index contributed by atoms with van der Waals surface area (Å²) in [4.78, 5) is 10.5. The lowest BCUT2D eigenvalue weighted by Crippen LogP contribution is -2.34. The molecule has 0 aromatic rings. The number of carbonyl (C=O) groups is 1. The Labute approximate surface area is 91.4 Å². The highest BCUT2D eigenvalue weighted by molar-refractivity contribution is 5.85. The Morgan fingerprint density at radius 3 is 2.43 bits per heavy atom. The average molecular weight is 226 g/mol. The van der Waals surface area contributed by atoms with Crippen molar-refractivity contribution in [2.75, 3.05) is 20.3 Å². The molecule has 0 aliphatic heterocycles. The van der Waals surface area contributed by atoms with Crippen LogP contribution in [0.1, 0.15) is 20.3 Å². The van der Waals surface area contributed by atoms with Gasteiger partial charge in [-0.3, -0.25) is 4.79 Å². The van der Waals surface area contributed by atoms with Gasteiger partial charge in [-0.25, -0.2) is 0 Å². The molecule has 0 rings (SSSR count). The Balaban J connectivity index is 0. The zero-order chi connectivity index (χ0) is 10.3. The molecule has 86 valence electrons. The molecule has 0 aliphatic carbocycles. The van der Waals surface area contributed by atoms with Crippen LogP contribution in [0.2, 0.25) is 0 Å². The van der Waals surface area contributed by atoms with E-state index in [1.807, 2.05) is 0 Å². The number of ether oxygens (including phenoxy) is 1. The lowest BCUT2D eigenvalue weighted by Gasteiger charge is -2.11. The number of halogens is 1. The lowest BCUT2D eigenvalue weighted by molar-refractivity contribution is -0.139. The number of nitrogens with one attached hydrogen (secondary N) is 1. The summed E-state index contributed by atoms with van der Waals surface area (Å²) in [6.45, 7) is 5.31. The molecule has 2 N–H and O–H groups in total. The third kappa shape index (κ3) is 8.29. The molecule has 0 heterocycles. The van der Waals surface area contributed by atoms with E-state index >= 15 is 0 Å². The zero-order valence-electron chi connectivity index (χ0n) is 8.95. The lowest BCUT2D eigenvalue weighted by atomic mass is 10.2. The molecule has 0 aliphatic rings. The van der Waals surface area contributed by atoms with Crippen molar-refractivity contribution in [1.82, 2.24) is 5.32 Å². The molecule has 0 saturated carbocycles. The van der Waals surface area contributed by atoms with E-state index in [0.717, 1.165) is 0 Å². The molecule has 0 amide bonds. The summed E-state index contributed by atoms with van der Waals surface area (Å²) in [6, 6.07) is -0.493. The van der Waals surface area contributed by atoms with Crippen molar-refractivity contribution in [1.29, 1.82) is 0 Å². The minimum Gasteiger partial charge on any atom is -0.480 e. The molecule has 0 radical (unpaired) electrons. The van der Waals surface area contributed by atoms with Gasteiger partial charge in [0.2, 0.25) is 0 Å². The van der Waals surface area contributed by atoms with E-state index in [2.05, 4.69) is 19.2 Å². The summed E-state index contributed by atoms with van der Waals surface area (Å²) in [5.74, 6) is -0.325. The van der Waals surface area contributed by atoms with Crippen LogP contribution in [-0.4, -0.2) is 37.4 Å². The first kappa shape index (κ1) is 16.1. The number of carboxylic acids is 1. The third-order valence-electron chi connectivity index (χ3n) is 1.65. The molecular weight excluding hydrogens is 206 g/mol. The maximum Gasteiger partial charge on any atom is 0.320 e. The van der Waals surface area contributed by atoms with Gasteiger partial charge in [-0.1, -0.05) is 13.8 Å². The first-order chi connectivity index (χ1) is 6.07. The smallest absolute Gasteiger partial charge is 0.320 e. The topological polar surface area (TPSA) is 58.6 Å². The first-order valence-electron chi connectivity index (χ1n) is 4.55. The van der Waals surface area contributed by atoms with Crippen molar-refractivity contribution < 1.29 is 14.6 Å². The second kappa shape index (κ2) is 9.24. The number of aliphatic carboxylic acids is 1. The van der Waals surface area contributed by atoms with Gasteiger partial charge in [-0.2, -0.15) is 0 Å². The highest BCUT2D eigenvalue weighted by Crippen LogP contribution is 1.96. The Bertz CT molecular complexity index is 153. The second-order valence-corrected chi connectivity index (χ2v) is 3.44. The number of hydrogen-bond acceptors (Lipinski definition) is 3. The SMILES string of the molecule is CN[C@H](CCOCC(C)C)C(=O)O.Cl. The van der Waals surface area contributed by atoms with Crippen LogP contribution in [0.5, 0.6) is 0 Å². The van der Waals surface area contributed by atoms with Crippen molar-refractivity contribution in [2.24, 2.45) is 5.92 Å². The Morgan fingerprint density at radius 1 is 1.50 bits per heavy atom. The molecule has 0 spiro atoms. The van der Waals surface area contributed by atoms with Crippen LogP contribution in [0.15, 0.2) is 0 Å². The van der Waals surface area contributed by atoms with Gasteiger partial charge >= 0.3 is 5.97 Å². The van der Waals surface area contributed by atoms with E-state index in [9.17, 15) is 4.79 Å². The molecule has 0 aromatic carbocycles. The van der Waals surface area contributed by atoms with E-state index < -0.39 is 12.0 Å². The fourth-order valence-corrected chi connectivity index (χ4v) is 0.912. The van der Waals surface area contributed by atoms with Crippen LogP contribution in [0.4, 0.5) is 0 Å². The van der Waals surface area contributed by atoms with Crippen molar-refractivity contribution in [3.8, 4) is 0 Å². The van der Waals surface area contributed by atoms with Gasteiger partial charge in [-0.15, -0.1) is 12.4 Å². The predicted molar refractivity (Wildman–Crippen MR) is 58.0 cm³/mol. The summed E-state index contributed by atoms with van der Waals surface area (Å²) >= 11 is 0. The van der Waals surface area contributed by atoms with Gasteiger partial charge in [0.05, 0.1) is 0 Å². The van der Waals surface area contributed by atoms with E-state index in [-0.39, 0.29) is 12.4 Å². The van der Waals surface area contributed by atoms with Crippen molar-refractivity contribution in [3.05, 3.63) is 0 Å². The van der Waals surface area contributed by atoms with E-state index in [1.165, 1.54) is 0 Å². The molecular formula is C9H20ClNO3. The zero-order valence-corrected chi connectivity index (χ0v) is 9.76. The molecule has 5 heteroatoms. The van der Waals surface area contributed by atoms with Crippen LogP contribution in [-0.2, 0) is 9.53 Å². The van der Waals surface area contributed by atoms with E-state index in [0.29, 0.717) is 25.6 Å². The molecule has 0 saturated heterocycles. The standard InChI is InChI=1S/C9H19NO3.ClH/c1-7(2)6-13-5-4-8(10-3)9(11)12;/h7-8,10H,4-6H2,1-3H3,(H,11,12);1H/t8-;/m1./s1. The monoisotopic (exact) mass is 225 g/mol. The van der Waals surface area contributed by atoms with Gasteiger partial charge < -0.3 is 15.2 Å². The minimum atomic E-state index is -0.823. The summed E-state index contributed by atoms with van der Waals surface area (Å²) in [7, 11) is 1.64. The largest absolute Gasteiger partial charge is 0.480 e. The first-order valence-corrected chi connectivity index (χ1v) is 4.55. The van der Waals surface area contributed by atoms with Gasteiger partial charge in [0.1, 0.15) is 6.04 Å². The summed E-state index contributed by atoms with van der Waals surface area (Å²) < 4.78 is 5.27. The summed E-state index contributed by atoms with van der Waals surface area (Å²) in [5.41, 5.74) is 0. The maximum absolute atomic E-state index is 10.5. The van der Waals surface area contributed by atoms with Crippen LogP contribution < -0.4 is 5.32 Å². The molecule has 14 heavy (non-hydrogen) atoms. The molecule has 0 aromatic heterocycles. The predicted octanol–water partition coefficient (Wildman–Crippen LogP) is 1.14. The fourth-order valence-electron chi connectivity index (χ4n) is 0.912. The van der Waals surface area contributed by atoms with Crippen molar-refractivity contribution in [3.63, 3.8) is 0 Å². The van der Waals surface area contributed by atoms with Crippen molar-refractivity contribution >= 4 is 18.4 Å². The Kier molecular flexibility index (Phi) is 10.6. The van der Waals surface area contributed by atoms with E-state index in [4.69, 9.17) is 9.84 Å². The quantitative estimate of drug-likeness (QED) is 0.638. The third-order valence-corrected chi connectivity index (χ3v) is 1.65. The molecule has 0 fully saturated rings. The fraction of sp³-hybridized carbons (Fsp3) is 0.889. The maximum atomic E-state index is 10.5. The van der Waals surface area contributed by atoms with Crippen LogP contribution >= 0.6 is 12.4 Å². The van der Waals surface area contributed by atoms with Gasteiger partial charge in [0.15, 0.2) is 0 Å². The van der Waals surface area contributed by atoms with Gasteiger partial charge in [-0.05, 0) is 19.4 Å². The van der Waals surface area contributed by atoms with E-state index in [1.54, 1.807) is 7.05 Å². The highest BCUT2D eigenvalue weighted by Gasteiger charge is 2.13. The Morgan fingerprint density at radius 2 is 2.07 bits per heavy atom. The van der Waals surface area contributed by atoms with Crippen LogP contribution in [0.3, 0.4) is 0 Å². The molecule has 0 unspecified atom stereocenters. The van der Waals surface area contributed by atoms with Crippen LogP contribution in [0, 0.1) is 5.92 Å². The summed E-state index contributed by atoms with van der Waals surface area (Å²) in [6.07, 6.45) is 0.512. The molecule has 4 nitrogen and oxygen atoms in total. The average Bonchev–Trinajstić information content (AvgIpc) is 2.03. The number of hydrogen-bond donors (Lipinski definition) is 2. The van der Waals surface area contributed by atoms with Crippen LogP contribution in [0.25, 0.3) is 0 Å². The second-order valence-electron chi connectivity index (χ2n) is 3.44. The minimum absolute atomic E-state index is 0. The number of likely N-dealkylation sites (N-methyl/N-ethyl adjacent to an activating group) is 1. The number of carboxylic acid groups (broad SMARTS) is 1.